The molecule has 0 radical (unpaired) electrons. The van der Waals surface area contributed by atoms with Crippen LogP contribution in [-0.2, 0) is 14.9 Å². The maximum absolute atomic E-state index is 11.2. The summed E-state index contributed by atoms with van der Waals surface area (Å²) in [6, 6.07) is 1.47. The molecule has 0 aromatic carbocycles. The monoisotopic (exact) mass is 234 g/mol. The van der Waals surface area contributed by atoms with E-state index in [0.29, 0.717) is 5.69 Å². The van der Waals surface area contributed by atoms with Crippen LogP contribution in [0.4, 0.5) is 10.6 Å². The molecule has 0 atom stereocenters. The minimum atomic E-state index is -3.99. The average Bonchev–Trinajstić information content (AvgIpc) is 2.49. The van der Waals surface area contributed by atoms with E-state index < -0.39 is 16.3 Å². The molecule has 0 bridgehead atoms. The highest BCUT2D eigenvalue weighted by Crippen LogP contribution is 2.05. The Labute approximate surface area is 86.2 Å². The quantitative estimate of drug-likeness (QED) is 0.666. The van der Waals surface area contributed by atoms with Crippen LogP contribution in [0.25, 0.3) is 0 Å². The highest BCUT2D eigenvalue weighted by atomic mass is 32.2. The summed E-state index contributed by atoms with van der Waals surface area (Å²) in [7, 11) is -2.93. The van der Waals surface area contributed by atoms with Crippen LogP contribution in [0.2, 0.25) is 0 Å². The molecular formula is C6H10N4O4S. The van der Waals surface area contributed by atoms with Crippen LogP contribution in [0.1, 0.15) is 5.69 Å². The molecule has 0 aliphatic rings. The number of aromatic amines is 1. The number of nitrogens with zero attached hydrogens (tertiary/aromatic N) is 1. The number of aryl methyl sites for hydroxylation is 1. The summed E-state index contributed by atoms with van der Waals surface area (Å²) >= 11 is 0. The van der Waals surface area contributed by atoms with E-state index in [2.05, 4.69) is 14.9 Å². The molecule has 0 spiro atoms. The molecule has 84 valence electrons. The molecule has 0 saturated carbocycles. The van der Waals surface area contributed by atoms with Crippen molar-refractivity contribution in [2.24, 2.45) is 0 Å². The molecule has 1 rings (SSSR count). The predicted molar refractivity (Wildman–Crippen MR) is 51.4 cm³/mol. The van der Waals surface area contributed by atoms with Crippen molar-refractivity contribution in [3.63, 3.8) is 0 Å². The van der Waals surface area contributed by atoms with Crippen molar-refractivity contribution in [2.75, 3.05) is 11.8 Å². The smallest absolute Gasteiger partial charge is 0.422 e. The van der Waals surface area contributed by atoms with Gasteiger partial charge in [-0.2, -0.15) is 13.5 Å². The normalized spacial score (nSPS) is 10.8. The summed E-state index contributed by atoms with van der Waals surface area (Å²) in [5, 5.41) is 6.16. The van der Waals surface area contributed by atoms with Crippen molar-refractivity contribution in [3.05, 3.63) is 11.8 Å². The molecule has 1 aromatic heterocycles. The Morgan fingerprint density at radius 3 is 2.73 bits per heavy atom. The van der Waals surface area contributed by atoms with Crippen molar-refractivity contribution in [3.8, 4) is 0 Å². The summed E-state index contributed by atoms with van der Waals surface area (Å²) in [5.74, 6) is 0.0869. The summed E-state index contributed by atoms with van der Waals surface area (Å²) in [5.41, 5.74) is 0.686. The predicted octanol–water partition coefficient (Wildman–Crippen LogP) is -0.269. The lowest BCUT2D eigenvalue weighted by molar-refractivity contribution is 0.177. The number of aromatic nitrogens is 2. The van der Waals surface area contributed by atoms with Gasteiger partial charge in [-0.3, -0.25) is 5.10 Å². The second-order valence-corrected chi connectivity index (χ2v) is 4.05. The maximum atomic E-state index is 11.2. The minimum Gasteiger partial charge on any atom is -0.452 e. The molecule has 1 amide bonds. The number of amides is 1. The topological polar surface area (TPSA) is 113 Å². The van der Waals surface area contributed by atoms with Gasteiger partial charge in [0.25, 0.3) is 0 Å². The molecule has 0 aliphatic heterocycles. The number of anilines is 1. The van der Waals surface area contributed by atoms with E-state index >= 15 is 0 Å². The fourth-order valence-corrected chi connectivity index (χ4v) is 1.52. The first kappa shape index (κ1) is 11.3. The van der Waals surface area contributed by atoms with Crippen LogP contribution in [0.3, 0.4) is 0 Å². The Hall–Kier alpha value is -1.77. The van der Waals surface area contributed by atoms with Gasteiger partial charge in [-0.25, -0.2) is 14.2 Å². The SMILES string of the molecule is COC(=O)NS(=O)(=O)Nc1cc(C)[nH]n1. The van der Waals surface area contributed by atoms with Gasteiger partial charge in [0, 0.05) is 11.8 Å². The Bertz CT molecular complexity index is 451. The van der Waals surface area contributed by atoms with Crippen molar-refractivity contribution < 1.29 is 17.9 Å². The number of nitrogens with one attached hydrogen (secondary N) is 3. The first-order valence-corrected chi connectivity index (χ1v) is 5.32. The lowest BCUT2D eigenvalue weighted by Crippen LogP contribution is -2.35. The van der Waals surface area contributed by atoms with E-state index in [1.807, 2.05) is 4.72 Å². The fourth-order valence-electron chi connectivity index (χ4n) is 0.785. The van der Waals surface area contributed by atoms with Crippen LogP contribution < -0.4 is 9.44 Å². The first-order chi connectivity index (χ1) is 6.93. The number of carbonyl (C=O) groups excluding carboxylic acids is 1. The van der Waals surface area contributed by atoms with Gasteiger partial charge in [0.05, 0.1) is 7.11 Å². The lowest BCUT2D eigenvalue weighted by Gasteiger charge is -2.05. The second-order valence-electron chi connectivity index (χ2n) is 2.64. The third kappa shape index (κ3) is 3.46. The third-order valence-electron chi connectivity index (χ3n) is 1.35. The molecule has 0 aliphatic carbocycles. The average molecular weight is 234 g/mol. The summed E-state index contributed by atoms with van der Waals surface area (Å²) in [4.78, 5) is 10.6. The molecule has 9 heteroatoms. The zero-order chi connectivity index (χ0) is 11.5. The van der Waals surface area contributed by atoms with Gasteiger partial charge >= 0.3 is 16.3 Å². The molecule has 15 heavy (non-hydrogen) atoms. The molecular weight excluding hydrogens is 224 g/mol. The van der Waals surface area contributed by atoms with Gasteiger partial charge in [-0.15, -0.1) is 0 Å². The van der Waals surface area contributed by atoms with Crippen molar-refractivity contribution in [1.29, 1.82) is 0 Å². The number of hydrogen-bond acceptors (Lipinski definition) is 5. The van der Waals surface area contributed by atoms with Crippen LogP contribution in [0, 0.1) is 6.92 Å². The summed E-state index contributed by atoms with van der Waals surface area (Å²) < 4.78 is 30.2. The van der Waals surface area contributed by atoms with Crippen molar-refractivity contribution in [1.82, 2.24) is 14.9 Å². The van der Waals surface area contributed by atoms with Gasteiger partial charge in [0.1, 0.15) is 0 Å². The fraction of sp³-hybridized carbons (Fsp3) is 0.333. The van der Waals surface area contributed by atoms with E-state index in [1.54, 1.807) is 11.6 Å². The van der Waals surface area contributed by atoms with Crippen LogP contribution in [-0.4, -0.2) is 31.8 Å². The molecule has 3 N–H and O–H groups in total. The van der Waals surface area contributed by atoms with Gasteiger partial charge in [0.2, 0.25) is 0 Å². The van der Waals surface area contributed by atoms with Gasteiger partial charge in [-0.05, 0) is 6.92 Å². The Morgan fingerprint density at radius 1 is 1.60 bits per heavy atom. The Kier molecular flexibility index (Phi) is 3.14. The lowest BCUT2D eigenvalue weighted by atomic mass is 10.5. The van der Waals surface area contributed by atoms with Crippen molar-refractivity contribution in [2.45, 2.75) is 6.92 Å². The minimum absolute atomic E-state index is 0.0869. The van der Waals surface area contributed by atoms with Crippen molar-refractivity contribution >= 4 is 22.1 Å². The molecule has 1 heterocycles. The van der Waals surface area contributed by atoms with Crippen LogP contribution in [0.5, 0.6) is 0 Å². The number of rotatable bonds is 3. The highest BCUT2D eigenvalue weighted by Gasteiger charge is 2.15. The zero-order valence-corrected chi connectivity index (χ0v) is 8.88. The summed E-state index contributed by atoms with van der Waals surface area (Å²) in [6.07, 6.45) is -1.07. The zero-order valence-electron chi connectivity index (χ0n) is 8.07. The number of methoxy groups -OCH3 is 1. The van der Waals surface area contributed by atoms with Crippen LogP contribution >= 0.6 is 0 Å². The van der Waals surface area contributed by atoms with E-state index in [-0.39, 0.29) is 5.82 Å². The molecule has 1 aromatic rings. The van der Waals surface area contributed by atoms with E-state index in [1.165, 1.54) is 6.07 Å². The Morgan fingerprint density at radius 2 is 2.27 bits per heavy atom. The van der Waals surface area contributed by atoms with Gasteiger partial charge < -0.3 is 4.74 Å². The van der Waals surface area contributed by atoms with E-state index in [0.717, 1.165) is 7.11 Å². The number of hydrogen-bond donors (Lipinski definition) is 3. The van der Waals surface area contributed by atoms with Gasteiger partial charge in [0.15, 0.2) is 5.82 Å². The Balaban J connectivity index is 2.69. The maximum Gasteiger partial charge on any atom is 0.422 e. The van der Waals surface area contributed by atoms with E-state index in [4.69, 9.17) is 0 Å². The first-order valence-electron chi connectivity index (χ1n) is 3.83. The number of H-pyrrole nitrogens is 1. The number of carbonyl (C=O) groups is 1. The molecule has 8 nitrogen and oxygen atoms in total. The largest absolute Gasteiger partial charge is 0.452 e. The molecule has 0 fully saturated rings. The number of ether oxygens (including phenoxy) is 1. The summed E-state index contributed by atoms with van der Waals surface area (Å²) in [6.45, 7) is 1.71. The van der Waals surface area contributed by atoms with Gasteiger partial charge in [-0.1, -0.05) is 0 Å². The van der Waals surface area contributed by atoms with Crippen LogP contribution in [0.15, 0.2) is 6.07 Å². The molecule has 0 saturated heterocycles. The third-order valence-corrected chi connectivity index (χ3v) is 2.26. The standard InChI is InChI=1S/C6H10N4O4S/c1-4-3-5(8-7-4)9-15(12,13)10-6(11)14-2/h3H,1-2H3,(H,10,11)(H2,7,8,9). The van der Waals surface area contributed by atoms with E-state index in [9.17, 15) is 13.2 Å². The highest BCUT2D eigenvalue weighted by molar-refractivity contribution is 7.91. The molecule has 0 unspecified atom stereocenters. The second kappa shape index (κ2) is 4.17.